The Hall–Kier alpha value is -2.40. The molecule has 0 radical (unpaired) electrons. The molecule has 0 saturated carbocycles. The van der Waals surface area contributed by atoms with Crippen molar-refractivity contribution >= 4 is 5.91 Å². The molecule has 0 fully saturated rings. The van der Waals surface area contributed by atoms with Crippen LogP contribution < -0.4 is 5.32 Å². The predicted octanol–water partition coefficient (Wildman–Crippen LogP) is 2.73. The number of allylic oxidation sites excluding steroid dienone is 1. The van der Waals surface area contributed by atoms with Crippen LogP contribution >= 0.6 is 0 Å². The number of nitrogens with one attached hydrogen (secondary N) is 1. The highest BCUT2D eigenvalue weighted by molar-refractivity contribution is 5.93. The monoisotopic (exact) mass is 352 g/mol. The maximum absolute atomic E-state index is 12.6. The van der Waals surface area contributed by atoms with E-state index in [0.717, 1.165) is 31.4 Å². The zero-order chi connectivity index (χ0) is 18.7. The van der Waals surface area contributed by atoms with Crippen LogP contribution in [-0.2, 0) is 25.9 Å². The number of aryl methyl sites for hydroxylation is 1. The normalized spacial score (nSPS) is 16.2. The van der Waals surface area contributed by atoms with Gasteiger partial charge in [0.15, 0.2) is 5.69 Å². The molecule has 1 aliphatic rings. The van der Waals surface area contributed by atoms with Crippen LogP contribution in [0, 0.1) is 6.92 Å². The number of nitrogens with zero attached hydrogens (tertiary/aromatic N) is 3. The number of fused-ring (bicyclic) bond motifs is 1. The van der Waals surface area contributed by atoms with E-state index in [2.05, 4.69) is 48.2 Å². The lowest BCUT2D eigenvalue weighted by molar-refractivity contribution is 0.0820. The third-order valence-corrected chi connectivity index (χ3v) is 4.97. The molecular weight excluding hydrogens is 324 g/mol. The number of amides is 1. The molecule has 1 aromatic heterocycles. The van der Waals surface area contributed by atoms with E-state index in [9.17, 15) is 4.79 Å². The van der Waals surface area contributed by atoms with Crippen molar-refractivity contribution in [3.05, 3.63) is 65.0 Å². The third-order valence-electron chi connectivity index (χ3n) is 4.97. The predicted molar refractivity (Wildman–Crippen MR) is 104 cm³/mol. The number of hydrogen-bond donors (Lipinski definition) is 1. The van der Waals surface area contributed by atoms with Crippen LogP contribution in [0.3, 0.4) is 0 Å². The summed E-state index contributed by atoms with van der Waals surface area (Å²) in [6.45, 7) is 7.40. The number of hydrogen-bond acceptors (Lipinski definition) is 3. The molecule has 1 unspecified atom stereocenters. The Balaban J connectivity index is 1.76. The fraction of sp³-hybridized carbons (Fsp3) is 0.429. The number of benzene rings is 1. The number of aromatic nitrogens is 2. The summed E-state index contributed by atoms with van der Waals surface area (Å²) in [5, 5.41) is 8.24. The quantitative estimate of drug-likeness (QED) is 0.813. The molecular formula is C21H28N4O. The van der Waals surface area contributed by atoms with Gasteiger partial charge in [-0.25, -0.2) is 0 Å². The van der Waals surface area contributed by atoms with Crippen molar-refractivity contribution in [1.82, 2.24) is 20.0 Å². The molecule has 1 amide bonds. The Kier molecular flexibility index (Phi) is 5.57. The van der Waals surface area contributed by atoms with Gasteiger partial charge < -0.3 is 10.2 Å². The largest absolute Gasteiger partial charge is 0.343 e. The molecule has 3 rings (SSSR count). The van der Waals surface area contributed by atoms with Gasteiger partial charge in [-0.2, -0.15) is 5.10 Å². The first-order chi connectivity index (χ1) is 12.5. The minimum Gasteiger partial charge on any atom is -0.343 e. The van der Waals surface area contributed by atoms with Gasteiger partial charge in [-0.1, -0.05) is 35.9 Å². The Morgan fingerprint density at radius 3 is 2.77 bits per heavy atom. The van der Waals surface area contributed by atoms with Crippen molar-refractivity contribution in [1.29, 1.82) is 0 Å². The van der Waals surface area contributed by atoms with Crippen LogP contribution in [0.25, 0.3) is 0 Å². The second-order valence-corrected chi connectivity index (χ2v) is 7.25. The van der Waals surface area contributed by atoms with Gasteiger partial charge in [-0.15, -0.1) is 6.58 Å². The first kappa shape index (κ1) is 18.4. The van der Waals surface area contributed by atoms with Gasteiger partial charge in [0.1, 0.15) is 0 Å². The molecule has 5 heteroatoms. The highest BCUT2D eigenvalue weighted by atomic mass is 16.2. The Morgan fingerprint density at radius 2 is 2.12 bits per heavy atom. The summed E-state index contributed by atoms with van der Waals surface area (Å²) in [5.41, 5.74) is 5.43. The maximum atomic E-state index is 12.6. The SMILES string of the molecule is C=CCn1nc(C(=O)N(C)C)c2c1CCC(NCc1ccc(C)cc1)C2. The van der Waals surface area contributed by atoms with E-state index in [1.807, 2.05) is 10.8 Å². The smallest absolute Gasteiger partial charge is 0.274 e. The summed E-state index contributed by atoms with van der Waals surface area (Å²) in [6.07, 6.45) is 4.66. The maximum Gasteiger partial charge on any atom is 0.274 e. The summed E-state index contributed by atoms with van der Waals surface area (Å²) in [7, 11) is 3.55. The molecule has 1 aromatic carbocycles. The summed E-state index contributed by atoms with van der Waals surface area (Å²) in [4.78, 5) is 14.2. The Bertz CT molecular complexity index is 789. The molecule has 2 aromatic rings. The number of carbonyl (C=O) groups excluding carboxylic acids is 1. The summed E-state index contributed by atoms with van der Waals surface area (Å²) in [6, 6.07) is 8.98. The van der Waals surface area contributed by atoms with Crippen molar-refractivity contribution in [2.45, 2.75) is 45.3 Å². The van der Waals surface area contributed by atoms with E-state index in [4.69, 9.17) is 0 Å². The van der Waals surface area contributed by atoms with Gasteiger partial charge in [-0.05, 0) is 31.7 Å². The van der Waals surface area contributed by atoms with E-state index in [0.29, 0.717) is 18.3 Å². The van der Waals surface area contributed by atoms with Gasteiger partial charge in [-0.3, -0.25) is 9.48 Å². The Morgan fingerprint density at radius 1 is 1.38 bits per heavy atom. The average Bonchev–Trinajstić information content (AvgIpc) is 2.98. The van der Waals surface area contributed by atoms with Gasteiger partial charge in [0.2, 0.25) is 0 Å². The molecule has 0 bridgehead atoms. The fourth-order valence-corrected chi connectivity index (χ4v) is 3.49. The van der Waals surface area contributed by atoms with Crippen molar-refractivity contribution in [2.75, 3.05) is 14.1 Å². The standard InChI is InChI=1S/C21H28N4O/c1-5-12-25-19-11-10-17(22-14-16-8-6-15(2)7-9-16)13-18(19)20(23-25)21(26)24(3)4/h5-9,17,22H,1,10-14H2,2-4H3. The van der Waals surface area contributed by atoms with Crippen molar-refractivity contribution < 1.29 is 4.79 Å². The zero-order valence-corrected chi connectivity index (χ0v) is 16.0. The second kappa shape index (κ2) is 7.87. The van der Waals surface area contributed by atoms with Crippen molar-refractivity contribution in [2.24, 2.45) is 0 Å². The molecule has 0 saturated heterocycles. The number of rotatable bonds is 6. The Labute approximate surface area is 155 Å². The highest BCUT2D eigenvalue weighted by Gasteiger charge is 2.29. The van der Waals surface area contributed by atoms with Gasteiger partial charge >= 0.3 is 0 Å². The lowest BCUT2D eigenvalue weighted by atomic mass is 9.91. The van der Waals surface area contributed by atoms with E-state index >= 15 is 0 Å². The van der Waals surface area contributed by atoms with E-state index in [1.165, 1.54) is 16.8 Å². The van der Waals surface area contributed by atoms with E-state index < -0.39 is 0 Å². The molecule has 138 valence electrons. The molecule has 5 nitrogen and oxygen atoms in total. The zero-order valence-electron chi connectivity index (χ0n) is 16.0. The molecule has 26 heavy (non-hydrogen) atoms. The minimum atomic E-state index is -0.0248. The molecule has 0 aliphatic heterocycles. The average molecular weight is 352 g/mol. The lowest BCUT2D eigenvalue weighted by Gasteiger charge is -2.25. The van der Waals surface area contributed by atoms with Crippen LogP contribution in [0.15, 0.2) is 36.9 Å². The van der Waals surface area contributed by atoms with Crippen molar-refractivity contribution in [3.8, 4) is 0 Å². The highest BCUT2D eigenvalue weighted by Crippen LogP contribution is 2.26. The second-order valence-electron chi connectivity index (χ2n) is 7.25. The van der Waals surface area contributed by atoms with Crippen LogP contribution in [0.2, 0.25) is 0 Å². The number of carbonyl (C=O) groups is 1. The molecule has 1 heterocycles. The molecule has 0 spiro atoms. The van der Waals surface area contributed by atoms with Crippen LogP contribution in [0.4, 0.5) is 0 Å². The summed E-state index contributed by atoms with van der Waals surface area (Å²) < 4.78 is 1.94. The van der Waals surface area contributed by atoms with Gasteiger partial charge in [0, 0.05) is 37.9 Å². The van der Waals surface area contributed by atoms with E-state index in [-0.39, 0.29) is 5.91 Å². The van der Waals surface area contributed by atoms with Crippen LogP contribution in [-0.4, -0.2) is 40.7 Å². The van der Waals surface area contributed by atoms with Crippen LogP contribution in [0.5, 0.6) is 0 Å². The third kappa shape index (κ3) is 3.88. The van der Waals surface area contributed by atoms with Gasteiger partial charge in [0.05, 0.1) is 6.54 Å². The summed E-state index contributed by atoms with van der Waals surface area (Å²) >= 11 is 0. The molecule has 1 aliphatic carbocycles. The topological polar surface area (TPSA) is 50.2 Å². The fourth-order valence-electron chi connectivity index (χ4n) is 3.49. The van der Waals surface area contributed by atoms with Crippen LogP contribution in [0.1, 0.15) is 39.3 Å². The first-order valence-electron chi connectivity index (χ1n) is 9.19. The van der Waals surface area contributed by atoms with Gasteiger partial charge in [0.25, 0.3) is 5.91 Å². The van der Waals surface area contributed by atoms with Crippen molar-refractivity contribution in [3.63, 3.8) is 0 Å². The lowest BCUT2D eigenvalue weighted by Crippen LogP contribution is -2.35. The molecule has 1 atom stereocenters. The minimum absolute atomic E-state index is 0.0248. The molecule has 1 N–H and O–H groups in total. The first-order valence-corrected chi connectivity index (χ1v) is 9.19. The summed E-state index contributed by atoms with van der Waals surface area (Å²) in [5.74, 6) is -0.0248. The van der Waals surface area contributed by atoms with E-state index in [1.54, 1.807) is 19.0 Å².